The van der Waals surface area contributed by atoms with Crippen LogP contribution < -0.4 is 11.3 Å². The Bertz CT molecular complexity index is 413. The maximum Gasteiger partial charge on any atom is 0.144 e. The largest absolute Gasteiger partial charge is 0.377 e. The SMILES string of the molecule is CC(C)c1nc(NN)cc(SC2CCOC2C)n1. The Kier molecular flexibility index (Phi) is 4.42. The molecule has 18 heavy (non-hydrogen) atoms. The summed E-state index contributed by atoms with van der Waals surface area (Å²) in [4.78, 5) is 8.93. The molecule has 0 spiro atoms. The molecule has 0 amide bonds. The van der Waals surface area contributed by atoms with Gasteiger partial charge in [0.05, 0.1) is 6.10 Å². The average Bonchev–Trinajstić information content (AvgIpc) is 2.74. The number of nitrogens with zero attached hydrogens (tertiary/aromatic N) is 2. The molecule has 3 N–H and O–H groups in total. The molecule has 1 aromatic heterocycles. The quantitative estimate of drug-likeness (QED) is 0.495. The number of nitrogen functional groups attached to an aromatic ring is 1. The fourth-order valence-electron chi connectivity index (χ4n) is 1.86. The molecule has 0 aromatic carbocycles. The van der Waals surface area contributed by atoms with Crippen LogP contribution in [-0.2, 0) is 4.74 Å². The summed E-state index contributed by atoms with van der Waals surface area (Å²) < 4.78 is 5.57. The van der Waals surface area contributed by atoms with E-state index in [1.165, 1.54) is 0 Å². The third kappa shape index (κ3) is 3.13. The minimum absolute atomic E-state index is 0.279. The normalized spacial score (nSPS) is 23.6. The molecule has 100 valence electrons. The first-order chi connectivity index (χ1) is 8.60. The van der Waals surface area contributed by atoms with Crippen molar-refractivity contribution >= 4 is 17.6 Å². The molecule has 0 radical (unpaired) electrons. The van der Waals surface area contributed by atoms with Gasteiger partial charge >= 0.3 is 0 Å². The summed E-state index contributed by atoms with van der Waals surface area (Å²) in [5, 5.41) is 1.43. The van der Waals surface area contributed by atoms with E-state index >= 15 is 0 Å². The minimum Gasteiger partial charge on any atom is -0.377 e. The summed E-state index contributed by atoms with van der Waals surface area (Å²) in [6, 6.07) is 1.89. The van der Waals surface area contributed by atoms with Crippen molar-refractivity contribution in [2.24, 2.45) is 5.84 Å². The molecule has 2 heterocycles. The van der Waals surface area contributed by atoms with E-state index in [0.717, 1.165) is 23.9 Å². The zero-order chi connectivity index (χ0) is 13.1. The van der Waals surface area contributed by atoms with Gasteiger partial charge < -0.3 is 10.2 Å². The van der Waals surface area contributed by atoms with Crippen LogP contribution in [0.5, 0.6) is 0 Å². The maximum atomic E-state index is 5.57. The second-order valence-corrected chi connectivity index (χ2v) is 6.03. The van der Waals surface area contributed by atoms with Gasteiger partial charge in [-0.2, -0.15) is 0 Å². The highest BCUT2D eigenvalue weighted by Gasteiger charge is 2.26. The molecular formula is C12H20N4OS. The first kappa shape index (κ1) is 13.6. The number of anilines is 1. The van der Waals surface area contributed by atoms with Gasteiger partial charge in [-0.3, -0.25) is 0 Å². The number of thioether (sulfide) groups is 1. The van der Waals surface area contributed by atoms with Crippen molar-refractivity contribution in [1.29, 1.82) is 0 Å². The fraction of sp³-hybridized carbons (Fsp3) is 0.667. The molecule has 1 aliphatic heterocycles. The molecule has 0 aliphatic carbocycles. The zero-order valence-corrected chi connectivity index (χ0v) is 11.8. The summed E-state index contributed by atoms with van der Waals surface area (Å²) >= 11 is 1.75. The molecule has 2 rings (SSSR count). The van der Waals surface area contributed by atoms with E-state index in [2.05, 4.69) is 36.2 Å². The number of hydrogen-bond donors (Lipinski definition) is 2. The molecule has 0 bridgehead atoms. The number of ether oxygens (including phenoxy) is 1. The predicted octanol–water partition coefficient (Wildman–Crippen LogP) is 2.16. The van der Waals surface area contributed by atoms with E-state index in [1.807, 2.05) is 6.07 Å². The van der Waals surface area contributed by atoms with Gasteiger partial charge in [0.15, 0.2) is 0 Å². The molecule has 2 atom stereocenters. The average molecular weight is 268 g/mol. The third-order valence-electron chi connectivity index (χ3n) is 2.96. The Labute approximate surface area is 112 Å². The molecule has 6 heteroatoms. The van der Waals surface area contributed by atoms with Crippen LogP contribution in [0.2, 0.25) is 0 Å². The summed E-state index contributed by atoms with van der Waals surface area (Å²) in [5.74, 6) is 7.22. The Morgan fingerprint density at radius 1 is 1.50 bits per heavy atom. The van der Waals surface area contributed by atoms with E-state index in [1.54, 1.807) is 11.8 Å². The van der Waals surface area contributed by atoms with E-state index in [0.29, 0.717) is 11.1 Å². The van der Waals surface area contributed by atoms with Crippen LogP contribution in [0.3, 0.4) is 0 Å². The molecule has 1 saturated heterocycles. The second-order valence-electron chi connectivity index (χ2n) is 4.77. The van der Waals surface area contributed by atoms with Crippen LogP contribution in [0, 0.1) is 0 Å². The van der Waals surface area contributed by atoms with Gasteiger partial charge in [0, 0.05) is 23.8 Å². The van der Waals surface area contributed by atoms with Crippen molar-refractivity contribution in [2.45, 2.75) is 49.5 Å². The summed E-state index contributed by atoms with van der Waals surface area (Å²) in [6.45, 7) is 7.09. The Morgan fingerprint density at radius 2 is 2.28 bits per heavy atom. The number of hydrazine groups is 1. The fourth-order valence-corrected chi connectivity index (χ4v) is 2.98. The number of hydrogen-bond acceptors (Lipinski definition) is 6. The summed E-state index contributed by atoms with van der Waals surface area (Å²) in [7, 11) is 0. The Hall–Kier alpha value is -0.850. The molecule has 0 saturated carbocycles. The highest BCUT2D eigenvalue weighted by Crippen LogP contribution is 2.32. The lowest BCUT2D eigenvalue weighted by molar-refractivity contribution is 0.127. The van der Waals surface area contributed by atoms with Gasteiger partial charge in [0.25, 0.3) is 0 Å². The van der Waals surface area contributed by atoms with Crippen molar-refractivity contribution in [3.05, 3.63) is 11.9 Å². The maximum absolute atomic E-state index is 5.57. The first-order valence-corrected chi connectivity index (χ1v) is 7.12. The molecule has 1 fully saturated rings. The van der Waals surface area contributed by atoms with Gasteiger partial charge in [-0.15, -0.1) is 11.8 Å². The summed E-state index contributed by atoms with van der Waals surface area (Å²) in [6.07, 6.45) is 1.35. The number of aromatic nitrogens is 2. The lowest BCUT2D eigenvalue weighted by atomic mass is 10.2. The van der Waals surface area contributed by atoms with E-state index in [-0.39, 0.29) is 12.0 Å². The van der Waals surface area contributed by atoms with Gasteiger partial charge in [0.1, 0.15) is 16.7 Å². The van der Waals surface area contributed by atoms with E-state index < -0.39 is 0 Å². The Morgan fingerprint density at radius 3 is 2.83 bits per heavy atom. The molecule has 2 unspecified atom stereocenters. The van der Waals surface area contributed by atoms with Crippen LogP contribution in [0.1, 0.15) is 38.9 Å². The lowest BCUT2D eigenvalue weighted by Crippen LogP contribution is -2.15. The molecular weight excluding hydrogens is 248 g/mol. The number of rotatable bonds is 4. The monoisotopic (exact) mass is 268 g/mol. The zero-order valence-electron chi connectivity index (χ0n) is 11.0. The van der Waals surface area contributed by atoms with E-state index in [4.69, 9.17) is 10.6 Å². The lowest BCUT2D eigenvalue weighted by Gasteiger charge is -2.14. The first-order valence-electron chi connectivity index (χ1n) is 6.24. The highest BCUT2D eigenvalue weighted by molar-refractivity contribution is 7.99. The van der Waals surface area contributed by atoms with Gasteiger partial charge in [0.2, 0.25) is 0 Å². The van der Waals surface area contributed by atoms with Crippen LogP contribution >= 0.6 is 11.8 Å². The molecule has 1 aliphatic rings. The standard InChI is InChI=1S/C12H20N4OS/c1-7(2)12-14-10(16-13)6-11(15-12)18-9-4-5-17-8(9)3/h6-9H,4-5,13H2,1-3H3,(H,14,15,16). The van der Waals surface area contributed by atoms with Crippen LogP contribution in [0.4, 0.5) is 5.82 Å². The van der Waals surface area contributed by atoms with Crippen LogP contribution in [0.15, 0.2) is 11.1 Å². The Balaban J connectivity index is 2.18. The van der Waals surface area contributed by atoms with Crippen molar-refractivity contribution in [1.82, 2.24) is 9.97 Å². The molecule has 1 aromatic rings. The number of nitrogens with two attached hydrogens (primary N) is 1. The van der Waals surface area contributed by atoms with Crippen LogP contribution in [0.25, 0.3) is 0 Å². The smallest absolute Gasteiger partial charge is 0.144 e. The van der Waals surface area contributed by atoms with E-state index in [9.17, 15) is 0 Å². The van der Waals surface area contributed by atoms with Crippen molar-refractivity contribution in [2.75, 3.05) is 12.0 Å². The van der Waals surface area contributed by atoms with Crippen molar-refractivity contribution in [3.63, 3.8) is 0 Å². The minimum atomic E-state index is 0.279. The summed E-state index contributed by atoms with van der Waals surface area (Å²) in [5.41, 5.74) is 2.60. The highest BCUT2D eigenvalue weighted by atomic mass is 32.2. The van der Waals surface area contributed by atoms with Gasteiger partial charge in [-0.25, -0.2) is 15.8 Å². The van der Waals surface area contributed by atoms with Crippen LogP contribution in [-0.4, -0.2) is 27.9 Å². The van der Waals surface area contributed by atoms with Crippen molar-refractivity contribution < 1.29 is 4.74 Å². The van der Waals surface area contributed by atoms with Gasteiger partial charge in [-0.1, -0.05) is 13.8 Å². The molecule has 5 nitrogen and oxygen atoms in total. The van der Waals surface area contributed by atoms with Crippen molar-refractivity contribution in [3.8, 4) is 0 Å². The second kappa shape index (κ2) is 5.86. The topological polar surface area (TPSA) is 73.1 Å². The number of nitrogens with one attached hydrogen (secondary N) is 1. The predicted molar refractivity (Wildman–Crippen MR) is 73.6 cm³/mol. The van der Waals surface area contributed by atoms with Gasteiger partial charge in [-0.05, 0) is 13.3 Å². The third-order valence-corrected chi connectivity index (χ3v) is 4.34.